The van der Waals surface area contributed by atoms with Crippen LogP contribution in [0.1, 0.15) is 105 Å². The number of allylic oxidation sites excluding steroid dienone is 2. The average molecular weight is 393 g/mol. The van der Waals surface area contributed by atoms with Crippen LogP contribution in [0.15, 0.2) is 17.1 Å². The van der Waals surface area contributed by atoms with Gasteiger partial charge in [0.2, 0.25) is 5.91 Å². The molecular weight excluding hydrogens is 346 g/mol. The number of unbranched alkanes of at least 4 members (excludes halogenated alkanes) is 9. The summed E-state index contributed by atoms with van der Waals surface area (Å²) in [5.74, 6) is 1.31. The fourth-order valence-electron chi connectivity index (χ4n) is 4.40. The minimum absolute atomic E-state index is 0.0468. The summed E-state index contributed by atoms with van der Waals surface area (Å²) in [6, 6.07) is 0. The van der Waals surface area contributed by atoms with Crippen LogP contribution < -0.4 is 5.32 Å². The molecule has 2 atom stereocenters. The Hall–Kier alpha value is -1.16. The Labute approximate surface area is 174 Å². The molecular formula is C24H46N3O+. The Balaban J connectivity index is 2.18. The van der Waals surface area contributed by atoms with Crippen molar-refractivity contribution in [2.75, 3.05) is 19.6 Å². The molecule has 4 heteroatoms. The zero-order chi connectivity index (χ0) is 20.7. The van der Waals surface area contributed by atoms with Crippen molar-refractivity contribution in [3.05, 3.63) is 12.2 Å². The molecule has 2 unspecified atom stereocenters. The molecule has 0 saturated carbocycles. The fourth-order valence-corrected chi connectivity index (χ4v) is 4.40. The van der Waals surface area contributed by atoms with Crippen molar-refractivity contribution in [1.82, 2.24) is 5.32 Å². The van der Waals surface area contributed by atoms with Gasteiger partial charge in [0.25, 0.3) is 0 Å². The molecule has 1 rings (SSSR count). The molecule has 0 aromatic carbocycles. The lowest BCUT2D eigenvalue weighted by Gasteiger charge is -2.39. The van der Waals surface area contributed by atoms with Gasteiger partial charge in [0.15, 0.2) is 12.0 Å². The van der Waals surface area contributed by atoms with E-state index in [1.165, 1.54) is 70.0 Å². The van der Waals surface area contributed by atoms with Crippen molar-refractivity contribution in [3.63, 3.8) is 0 Å². The van der Waals surface area contributed by atoms with Gasteiger partial charge in [-0.3, -0.25) is 9.28 Å². The third-order valence-electron chi connectivity index (χ3n) is 6.20. The highest BCUT2D eigenvalue weighted by Gasteiger charge is 2.41. The summed E-state index contributed by atoms with van der Waals surface area (Å²) in [4.78, 5) is 16.3. The van der Waals surface area contributed by atoms with E-state index in [-0.39, 0.29) is 12.1 Å². The van der Waals surface area contributed by atoms with Crippen molar-refractivity contribution in [2.24, 2.45) is 4.99 Å². The van der Waals surface area contributed by atoms with Crippen LogP contribution in [0.3, 0.4) is 0 Å². The molecule has 1 N–H and O–H groups in total. The van der Waals surface area contributed by atoms with E-state index in [0.29, 0.717) is 0 Å². The average Bonchev–Trinajstić information content (AvgIpc) is 3.09. The summed E-state index contributed by atoms with van der Waals surface area (Å²) >= 11 is 0. The van der Waals surface area contributed by atoms with Crippen LogP contribution in [0, 0.1) is 0 Å². The van der Waals surface area contributed by atoms with Crippen LogP contribution in [0.25, 0.3) is 0 Å². The zero-order valence-corrected chi connectivity index (χ0v) is 19.1. The molecule has 1 heterocycles. The Morgan fingerprint density at radius 1 is 1.04 bits per heavy atom. The highest BCUT2D eigenvalue weighted by Crippen LogP contribution is 2.22. The molecule has 0 bridgehead atoms. The third kappa shape index (κ3) is 8.89. The van der Waals surface area contributed by atoms with Crippen LogP contribution in [-0.2, 0) is 4.79 Å². The smallest absolute Gasteiger partial charge is 0.221 e. The van der Waals surface area contributed by atoms with Gasteiger partial charge in [0.1, 0.15) is 6.54 Å². The van der Waals surface area contributed by atoms with Crippen molar-refractivity contribution < 1.29 is 9.28 Å². The predicted molar refractivity (Wildman–Crippen MR) is 121 cm³/mol. The molecule has 1 aliphatic rings. The minimum atomic E-state index is 0.0468. The van der Waals surface area contributed by atoms with Gasteiger partial charge < -0.3 is 5.32 Å². The van der Waals surface area contributed by atoms with Gasteiger partial charge in [-0.1, -0.05) is 70.4 Å². The summed E-state index contributed by atoms with van der Waals surface area (Å²) < 4.78 is 0.825. The molecule has 28 heavy (non-hydrogen) atoms. The number of hydrogen-bond donors (Lipinski definition) is 1. The summed E-state index contributed by atoms with van der Waals surface area (Å²) in [5.41, 5.74) is 0. The topological polar surface area (TPSA) is 41.5 Å². The van der Waals surface area contributed by atoms with Crippen molar-refractivity contribution in [2.45, 2.75) is 111 Å². The molecule has 0 fully saturated rings. The van der Waals surface area contributed by atoms with Crippen LogP contribution in [0.5, 0.6) is 0 Å². The monoisotopic (exact) mass is 392 g/mol. The first-order chi connectivity index (χ1) is 13.6. The Kier molecular flexibility index (Phi) is 13.1. The first-order valence-electron chi connectivity index (χ1n) is 11.9. The van der Waals surface area contributed by atoms with E-state index in [4.69, 9.17) is 4.99 Å². The van der Waals surface area contributed by atoms with Crippen LogP contribution in [0.4, 0.5) is 0 Å². The van der Waals surface area contributed by atoms with Gasteiger partial charge in [-0.25, -0.2) is 4.99 Å². The van der Waals surface area contributed by atoms with E-state index in [2.05, 4.69) is 38.2 Å². The van der Waals surface area contributed by atoms with E-state index < -0.39 is 0 Å². The summed E-state index contributed by atoms with van der Waals surface area (Å²) in [5, 5.41) is 3.09. The number of amides is 1. The number of rotatable bonds is 16. The van der Waals surface area contributed by atoms with Crippen LogP contribution in [-0.4, -0.2) is 42.0 Å². The maximum Gasteiger partial charge on any atom is 0.221 e. The Morgan fingerprint density at radius 2 is 1.64 bits per heavy atom. The molecule has 0 aliphatic carbocycles. The highest BCUT2D eigenvalue weighted by molar-refractivity contribution is 5.78. The van der Waals surface area contributed by atoms with Crippen LogP contribution >= 0.6 is 0 Å². The third-order valence-corrected chi connectivity index (χ3v) is 6.20. The molecule has 1 amide bonds. The number of nitrogens with one attached hydrogen (secondary N) is 1. The SMILES string of the molecule is CCCCCCCCCCC/C=C/CCC1=NCC[N+]1(CC)C(C)NC(C)=O. The summed E-state index contributed by atoms with van der Waals surface area (Å²) in [6.07, 6.45) is 20.6. The van der Waals surface area contributed by atoms with Gasteiger partial charge >= 0.3 is 0 Å². The molecule has 0 spiro atoms. The lowest BCUT2D eigenvalue weighted by Crippen LogP contribution is -2.62. The van der Waals surface area contributed by atoms with E-state index in [1.807, 2.05) is 0 Å². The normalized spacial score (nSPS) is 20.5. The standard InChI is InChI=1S/C24H45N3O/c1-5-7-8-9-10-11-12-13-14-15-16-17-18-19-24-25-20-21-27(24,6-2)22(3)26-23(4)28/h16-17,22H,5-15,18-21H2,1-4H3/p+1/b17-16+. The second-order valence-corrected chi connectivity index (χ2v) is 8.38. The van der Waals surface area contributed by atoms with E-state index in [9.17, 15) is 4.79 Å². The summed E-state index contributed by atoms with van der Waals surface area (Å²) in [7, 11) is 0. The van der Waals surface area contributed by atoms with E-state index in [1.54, 1.807) is 6.92 Å². The number of quaternary nitrogens is 1. The van der Waals surface area contributed by atoms with Gasteiger partial charge in [-0.05, 0) is 26.2 Å². The predicted octanol–water partition coefficient (Wildman–Crippen LogP) is 5.97. The largest absolute Gasteiger partial charge is 0.307 e. The number of carbonyl (C=O) groups excluding carboxylic acids is 1. The number of nitrogens with zero attached hydrogens (tertiary/aromatic N) is 2. The molecule has 0 aromatic rings. The van der Waals surface area contributed by atoms with E-state index >= 15 is 0 Å². The Morgan fingerprint density at radius 3 is 2.25 bits per heavy atom. The molecule has 4 nitrogen and oxygen atoms in total. The first kappa shape index (κ1) is 24.9. The first-order valence-corrected chi connectivity index (χ1v) is 11.9. The number of amidine groups is 1. The minimum Gasteiger partial charge on any atom is -0.307 e. The van der Waals surface area contributed by atoms with Gasteiger partial charge in [-0.15, -0.1) is 0 Å². The molecule has 0 aromatic heterocycles. The second kappa shape index (κ2) is 14.8. The molecule has 162 valence electrons. The number of likely N-dealkylation sites (N-methyl/N-ethyl adjacent to an activating group) is 1. The van der Waals surface area contributed by atoms with E-state index in [0.717, 1.165) is 37.0 Å². The quantitative estimate of drug-likeness (QED) is 0.196. The van der Waals surface area contributed by atoms with Gasteiger partial charge in [0, 0.05) is 20.3 Å². The highest BCUT2D eigenvalue weighted by atomic mass is 16.1. The van der Waals surface area contributed by atoms with Crippen molar-refractivity contribution in [1.29, 1.82) is 0 Å². The zero-order valence-electron chi connectivity index (χ0n) is 19.1. The molecule has 1 aliphatic heterocycles. The van der Waals surface area contributed by atoms with Crippen molar-refractivity contribution >= 4 is 11.7 Å². The Bertz CT molecular complexity index is 486. The molecule has 0 radical (unpaired) electrons. The van der Waals surface area contributed by atoms with Crippen molar-refractivity contribution in [3.8, 4) is 0 Å². The van der Waals surface area contributed by atoms with Gasteiger partial charge in [0.05, 0.1) is 13.1 Å². The fraction of sp³-hybridized carbons (Fsp3) is 0.833. The van der Waals surface area contributed by atoms with Gasteiger partial charge in [-0.2, -0.15) is 0 Å². The lowest BCUT2D eigenvalue weighted by atomic mass is 10.1. The maximum atomic E-state index is 11.5. The summed E-state index contributed by atoms with van der Waals surface area (Å²) in [6.45, 7) is 11.1. The van der Waals surface area contributed by atoms with Crippen LogP contribution in [0.2, 0.25) is 0 Å². The molecule has 0 saturated heterocycles. The maximum absolute atomic E-state index is 11.5. The second-order valence-electron chi connectivity index (χ2n) is 8.38. The lowest BCUT2D eigenvalue weighted by molar-refractivity contribution is -0.861. The number of hydrogen-bond acceptors (Lipinski definition) is 2. The number of carbonyl (C=O) groups is 1. The number of aliphatic imine (C=N–C) groups is 1.